The van der Waals surface area contributed by atoms with Crippen LogP contribution in [0.15, 0.2) is 86.8 Å². The van der Waals surface area contributed by atoms with E-state index in [1.165, 1.54) is 0 Å². The van der Waals surface area contributed by atoms with E-state index in [4.69, 9.17) is 4.74 Å². The van der Waals surface area contributed by atoms with Gasteiger partial charge in [-0.25, -0.2) is 5.43 Å². The minimum absolute atomic E-state index is 0.262. The third kappa shape index (κ3) is 6.05. The third-order valence-corrected chi connectivity index (χ3v) is 4.69. The Morgan fingerprint density at radius 3 is 2.41 bits per heavy atom. The summed E-state index contributed by atoms with van der Waals surface area (Å²) in [4.78, 5) is 12.0. The largest absolute Gasteiger partial charge is 0.489 e. The Bertz CT molecular complexity index is 939. The lowest BCUT2D eigenvalue weighted by molar-refractivity contribution is 0.0955. The third-order valence-electron chi connectivity index (χ3n) is 3.67. The van der Waals surface area contributed by atoms with Gasteiger partial charge in [0.15, 0.2) is 0 Å². The summed E-state index contributed by atoms with van der Waals surface area (Å²) < 4.78 is 7.65. The van der Waals surface area contributed by atoms with Crippen LogP contribution in [0.3, 0.4) is 0 Å². The Hall–Kier alpha value is -2.44. The van der Waals surface area contributed by atoms with Gasteiger partial charge in [-0.1, -0.05) is 50.1 Å². The Kier molecular flexibility index (Phi) is 6.79. The van der Waals surface area contributed by atoms with Crippen LogP contribution in [-0.2, 0) is 6.61 Å². The minimum Gasteiger partial charge on any atom is -0.489 e. The van der Waals surface area contributed by atoms with E-state index >= 15 is 0 Å². The van der Waals surface area contributed by atoms with Crippen molar-refractivity contribution in [3.63, 3.8) is 0 Å². The number of carbonyl (C=O) groups excluding carboxylic acids is 1. The van der Waals surface area contributed by atoms with E-state index in [1.807, 2.05) is 54.6 Å². The van der Waals surface area contributed by atoms with E-state index < -0.39 is 0 Å². The minimum atomic E-state index is -0.262. The van der Waals surface area contributed by atoms with Crippen molar-refractivity contribution in [2.45, 2.75) is 6.61 Å². The van der Waals surface area contributed by atoms with E-state index in [1.54, 1.807) is 24.4 Å². The predicted octanol–water partition coefficient (Wildman–Crippen LogP) is 5.55. The lowest BCUT2D eigenvalue weighted by Gasteiger charge is -2.06. The average Bonchev–Trinajstić information content (AvgIpc) is 2.68. The fourth-order valence-electron chi connectivity index (χ4n) is 2.26. The summed E-state index contributed by atoms with van der Waals surface area (Å²) in [6.45, 7) is 0.503. The zero-order chi connectivity index (χ0) is 19.1. The van der Waals surface area contributed by atoms with Crippen molar-refractivity contribution in [1.29, 1.82) is 0 Å². The molecule has 1 amide bonds. The molecule has 27 heavy (non-hydrogen) atoms. The van der Waals surface area contributed by atoms with Crippen LogP contribution in [-0.4, -0.2) is 12.1 Å². The zero-order valence-electron chi connectivity index (χ0n) is 14.2. The number of nitrogens with zero attached hydrogens (tertiary/aromatic N) is 1. The molecule has 0 fully saturated rings. The molecular formula is C21H16Br2N2O2. The van der Waals surface area contributed by atoms with Crippen LogP contribution in [0.1, 0.15) is 21.5 Å². The highest BCUT2D eigenvalue weighted by Gasteiger charge is 2.03. The number of hydrazone groups is 1. The van der Waals surface area contributed by atoms with E-state index in [9.17, 15) is 4.79 Å². The van der Waals surface area contributed by atoms with Crippen molar-refractivity contribution < 1.29 is 9.53 Å². The van der Waals surface area contributed by atoms with Gasteiger partial charge in [0.25, 0.3) is 5.91 Å². The summed E-state index contributed by atoms with van der Waals surface area (Å²) in [5.41, 5.74) is 5.01. The number of ether oxygens (including phenoxy) is 1. The number of carbonyl (C=O) groups is 1. The zero-order valence-corrected chi connectivity index (χ0v) is 17.4. The molecule has 136 valence electrons. The second kappa shape index (κ2) is 9.48. The Morgan fingerprint density at radius 2 is 1.70 bits per heavy atom. The van der Waals surface area contributed by atoms with Crippen molar-refractivity contribution in [2.24, 2.45) is 5.10 Å². The molecule has 0 atom stereocenters. The molecule has 0 heterocycles. The van der Waals surface area contributed by atoms with Crippen LogP contribution < -0.4 is 10.2 Å². The summed E-state index contributed by atoms with van der Waals surface area (Å²) in [6, 6.07) is 22.6. The summed E-state index contributed by atoms with van der Waals surface area (Å²) in [7, 11) is 0. The fraction of sp³-hybridized carbons (Fsp3) is 0.0476. The first kappa shape index (κ1) is 19.3. The summed E-state index contributed by atoms with van der Waals surface area (Å²) in [5.74, 6) is 0.509. The van der Waals surface area contributed by atoms with E-state index in [0.717, 1.165) is 25.8 Å². The standard InChI is InChI=1S/C21H16Br2N2O2/c22-18-8-4-16(5-9-18)14-27-20-10-6-15(7-11-20)13-24-25-21(26)17-2-1-3-19(23)12-17/h1-13H,14H2,(H,25,26). The van der Waals surface area contributed by atoms with Crippen molar-refractivity contribution in [3.8, 4) is 5.75 Å². The van der Waals surface area contributed by atoms with Crippen molar-refractivity contribution in [2.75, 3.05) is 0 Å². The van der Waals surface area contributed by atoms with Gasteiger partial charge in [0, 0.05) is 14.5 Å². The van der Waals surface area contributed by atoms with Crippen LogP contribution in [0.5, 0.6) is 5.75 Å². The SMILES string of the molecule is O=C(NN=Cc1ccc(OCc2ccc(Br)cc2)cc1)c1cccc(Br)c1. The van der Waals surface area contributed by atoms with Gasteiger partial charge in [0.2, 0.25) is 0 Å². The Morgan fingerprint density at radius 1 is 0.963 bits per heavy atom. The predicted molar refractivity (Wildman–Crippen MR) is 114 cm³/mol. The molecule has 0 aliphatic carbocycles. The molecule has 3 aromatic rings. The number of benzene rings is 3. The second-order valence-corrected chi connectivity index (χ2v) is 7.53. The fourth-order valence-corrected chi connectivity index (χ4v) is 2.92. The molecule has 1 N–H and O–H groups in total. The molecule has 0 aliphatic rings. The van der Waals surface area contributed by atoms with Crippen LogP contribution in [0.2, 0.25) is 0 Å². The monoisotopic (exact) mass is 486 g/mol. The van der Waals surface area contributed by atoms with Crippen molar-refractivity contribution in [3.05, 3.63) is 98.4 Å². The molecule has 0 saturated heterocycles. The topological polar surface area (TPSA) is 50.7 Å². The van der Waals surface area contributed by atoms with Crippen LogP contribution >= 0.6 is 31.9 Å². The van der Waals surface area contributed by atoms with Crippen LogP contribution in [0.25, 0.3) is 0 Å². The summed E-state index contributed by atoms with van der Waals surface area (Å²) in [5, 5.41) is 3.99. The van der Waals surface area contributed by atoms with Gasteiger partial charge in [-0.2, -0.15) is 5.10 Å². The van der Waals surface area contributed by atoms with E-state index in [0.29, 0.717) is 12.2 Å². The normalized spacial score (nSPS) is 10.7. The first-order valence-corrected chi connectivity index (χ1v) is 9.75. The molecule has 0 aliphatic heterocycles. The highest BCUT2D eigenvalue weighted by molar-refractivity contribution is 9.10. The first-order chi connectivity index (χ1) is 13.1. The number of hydrogen-bond acceptors (Lipinski definition) is 3. The molecule has 0 saturated carbocycles. The molecule has 0 bridgehead atoms. The lowest BCUT2D eigenvalue weighted by atomic mass is 10.2. The summed E-state index contributed by atoms with van der Waals surface area (Å²) in [6.07, 6.45) is 1.59. The molecular weight excluding hydrogens is 472 g/mol. The van der Waals surface area contributed by atoms with Gasteiger partial charge < -0.3 is 4.74 Å². The van der Waals surface area contributed by atoms with Gasteiger partial charge in [-0.05, 0) is 65.7 Å². The first-order valence-electron chi connectivity index (χ1n) is 8.16. The lowest BCUT2D eigenvalue weighted by Crippen LogP contribution is -2.17. The molecule has 6 heteroatoms. The molecule has 4 nitrogen and oxygen atoms in total. The van der Waals surface area contributed by atoms with Gasteiger partial charge in [0.05, 0.1) is 6.21 Å². The summed E-state index contributed by atoms with van der Waals surface area (Å²) >= 11 is 6.75. The maximum Gasteiger partial charge on any atom is 0.271 e. The molecule has 0 unspecified atom stereocenters. The highest BCUT2D eigenvalue weighted by Crippen LogP contribution is 2.15. The van der Waals surface area contributed by atoms with Crippen molar-refractivity contribution in [1.82, 2.24) is 5.43 Å². The van der Waals surface area contributed by atoms with Crippen LogP contribution in [0, 0.1) is 0 Å². The maximum atomic E-state index is 12.0. The second-order valence-electron chi connectivity index (χ2n) is 5.69. The van der Waals surface area contributed by atoms with E-state index in [2.05, 4.69) is 42.4 Å². The number of hydrogen-bond donors (Lipinski definition) is 1. The molecule has 0 radical (unpaired) electrons. The maximum absolute atomic E-state index is 12.0. The van der Waals surface area contributed by atoms with Gasteiger partial charge in [-0.3, -0.25) is 4.79 Å². The Labute approximate surface area is 174 Å². The number of amides is 1. The molecule has 3 aromatic carbocycles. The molecule has 3 rings (SSSR count). The highest BCUT2D eigenvalue weighted by atomic mass is 79.9. The van der Waals surface area contributed by atoms with Crippen molar-refractivity contribution >= 4 is 44.0 Å². The molecule has 0 spiro atoms. The van der Waals surface area contributed by atoms with Crippen LogP contribution in [0.4, 0.5) is 0 Å². The number of rotatable bonds is 6. The molecule has 0 aromatic heterocycles. The Balaban J connectivity index is 1.51. The van der Waals surface area contributed by atoms with E-state index in [-0.39, 0.29) is 5.91 Å². The van der Waals surface area contributed by atoms with Gasteiger partial charge in [-0.15, -0.1) is 0 Å². The van der Waals surface area contributed by atoms with Gasteiger partial charge in [0.1, 0.15) is 12.4 Å². The number of nitrogens with one attached hydrogen (secondary N) is 1. The van der Waals surface area contributed by atoms with Gasteiger partial charge >= 0.3 is 0 Å². The quantitative estimate of drug-likeness (QED) is 0.365. The number of halogens is 2. The smallest absolute Gasteiger partial charge is 0.271 e. The average molecular weight is 488 g/mol.